The Labute approximate surface area is 186 Å². The molecule has 0 saturated carbocycles. The predicted molar refractivity (Wildman–Crippen MR) is 124 cm³/mol. The molecule has 2 aromatic heterocycles. The number of rotatable bonds is 4. The molecule has 2 aromatic carbocycles. The molecular formula is C25H25N5O2. The van der Waals surface area contributed by atoms with Crippen LogP contribution in [0, 0.1) is 0 Å². The molecule has 0 fully saturated rings. The number of nitrogens with one attached hydrogen (secondary N) is 1. The smallest absolute Gasteiger partial charge is 0.256 e. The van der Waals surface area contributed by atoms with Crippen molar-refractivity contribution < 1.29 is 9.90 Å². The van der Waals surface area contributed by atoms with Crippen LogP contribution in [0.4, 0.5) is 5.82 Å². The van der Waals surface area contributed by atoms with Crippen molar-refractivity contribution in [3.63, 3.8) is 0 Å². The molecule has 3 heterocycles. The highest BCUT2D eigenvalue weighted by molar-refractivity contribution is 6.04. The molecule has 7 nitrogen and oxygen atoms in total. The van der Waals surface area contributed by atoms with Crippen LogP contribution in [0.25, 0.3) is 21.9 Å². The Balaban J connectivity index is 1.41. The Morgan fingerprint density at radius 3 is 2.78 bits per heavy atom. The van der Waals surface area contributed by atoms with Crippen molar-refractivity contribution in [1.82, 2.24) is 19.7 Å². The van der Waals surface area contributed by atoms with E-state index in [1.165, 1.54) is 11.1 Å². The van der Waals surface area contributed by atoms with Gasteiger partial charge in [0, 0.05) is 42.8 Å². The van der Waals surface area contributed by atoms with Crippen LogP contribution < -0.4 is 5.32 Å². The van der Waals surface area contributed by atoms with Gasteiger partial charge in [-0.25, -0.2) is 4.98 Å². The van der Waals surface area contributed by atoms with Crippen LogP contribution in [-0.4, -0.2) is 44.3 Å². The zero-order chi connectivity index (χ0) is 22.2. The van der Waals surface area contributed by atoms with Crippen LogP contribution in [0.1, 0.15) is 27.2 Å². The number of carbonyl (C=O) groups is 1. The van der Waals surface area contributed by atoms with E-state index in [1.807, 2.05) is 49.5 Å². The molecule has 0 aliphatic carbocycles. The van der Waals surface area contributed by atoms with E-state index in [0.717, 1.165) is 47.1 Å². The summed E-state index contributed by atoms with van der Waals surface area (Å²) in [5, 5.41) is 18.8. The number of aryl methyl sites for hydroxylation is 1. The number of benzene rings is 2. The summed E-state index contributed by atoms with van der Waals surface area (Å²) in [5.41, 5.74) is 5.77. The van der Waals surface area contributed by atoms with Gasteiger partial charge in [0.2, 0.25) is 0 Å². The van der Waals surface area contributed by atoms with Gasteiger partial charge in [0.15, 0.2) is 0 Å². The van der Waals surface area contributed by atoms with E-state index >= 15 is 0 Å². The van der Waals surface area contributed by atoms with Crippen LogP contribution >= 0.6 is 0 Å². The second-order valence-electron chi connectivity index (χ2n) is 8.34. The molecule has 0 spiro atoms. The number of aliphatic hydroxyl groups is 1. The Morgan fingerprint density at radius 2 is 1.94 bits per heavy atom. The van der Waals surface area contributed by atoms with Gasteiger partial charge >= 0.3 is 0 Å². The molecule has 1 aliphatic heterocycles. The number of likely N-dealkylation sites (N-methyl/N-ethyl adjacent to an activating group) is 1. The Kier molecular flexibility index (Phi) is 5.20. The summed E-state index contributed by atoms with van der Waals surface area (Å²) >= 11 is 0. The molecule has 162 valence electrons. The number of hydrogen-bond donors (Lipinski definition) is 2. The van der Waals surface area contributed by atoms with Crippen molar-refractivity contribution in [2.75, 3.05) is 18.9 Å². The Morgan fingerprint density at radius 1 is 1.06 bits per heavy atom. The molecule has 0 saturated heterocycles. The highest BCUT2D eigenvalue weighted by Gasteiger charge is 2.16. The first-order chi connectivity index (χ1) is 15.5. The molecule has 32 heavy (non-hydrogen) atoms. The lowest BCUT2D eigenvalue weighted by atomic mass is 9.97. The molecule has 0 radical (unpaired) electrons. The quantitative estimate of drug-likeness (QED) is 0.522. The minimum Gasteiger partial charge on any atom is -0.390 e. The van der Waals surface area contributed by atoms with E-state index in [1.54, 1.807) is 17.1 Å². The van der Waals surface area contributed by atoms with Crippen LogP contribution in [-0.2, 0) is 26.6 Å². The number of amides is 1. The first kappa shape index (κ1) is 20.4. The third-order valence-electron chi connectivity index (χ3n) is 6.16. The lowest BCUT2D eigenvalue weighted by molar-refractivity contribution is 0.102. The maximum atomic E-state index is 12.9. The monoisotopic (exact) mass is 427 g/mol. The number of fused-ring (bicyclic) bond motifs is 2. The first-order valence-corrected chi connectivity index (χ1v) is 10.7. The summed E-state index contributed by atoms with van der Waals surface area (Å²) in [6.45, 7) is 1.83. The molecule has 0 atom stereocenters. The van der Waals surface area contributed by atoms with Gasteiger partial charge in [0.25, 0.3) is 5.91 Å². The van der Waals surface area contributed by atoms with E-state index in [0.29, 0.717) is 11.4 Å². The zero-order valence-corrected chi connectivity index (χ0v) is 18.2. The molecule has 0 bridgehead atoms. The summed E-state index contributed by atoms with van der Waals surface area (Å²) < 4.78 is 1.67. The lowest BCUT2D eigenvalue weighted by Gasteiger charge is -2.25. The van der Waals surface area contributed by atoms with Gasteiger partial charge in [-0.2, -0.15) is 5.10 Å². The fourth-order valence-corrected chi connectivity index (χ4v) is 4.29. The first-order valence-electron chi connectivity index (χ1n) is 10.7. The molecule has 0 unspecified atom stereocenters. The summed E-state index contributed by atoms with van der Waals surface area (Å²) in [5.74, 6) is 0.343. The van der Waals surface area contributed by atoms with Crippen molar-refractivity contribution in [2.24, 2.45) is 7.05 Å². The molecule has 4 aromatic rings. The van der Waals surface area contributed by atoms with Crippen LogP contribution in [0.5, 0.6) is 0 Å². The fourth-order valence-electron chi connectivity index (χ4n) is 4.29. The van der Waals surface area contributed by atoms with Gasteiger partial charge in [-0.05, 0) is 59.8 Å². The third kappa shape index (κ3) is 3.77. The molecular weight excluding hydrogens is 402 g/mol. The van der Waals surface area contributed by atoms with Crippen molar-refractivity contribution >= 4 is 22.5 Å². The summed E-state index contributed by atoms with van der Waals surface area (Å²) in [4.78, 5) is 19.6. The van der Waals surface area contributed by atoms with Crippen molar-refractivity contribution in [3.05, 3.63) is 77.2 Å². The SMILES string of the molecule is CN1CCc2cc(C(=O)Nc3cc4cc(-c5cnn(C)c5CO)ccc4cn3)ccc2C1. The molecule has 1 amide bonds. The van der Waals surface area contributed by atoms with Gasteiger partial charge in [-0.3, -0.25) is 9.48 Å². The molecule has 1 aliphatic rings. The normalized spacial score (nSPS) is 13.8. The second-order valence-corrected chi connectivity index (χ2v) is 8.34. The van der Waals surface area contributed by atoms with Crippen molar-refractivity contribution in [2.45, 2.75) is 19.6 Å². The average Bonchev–Trinajstić information content (AvgIpc) is 3.18. The van der Waals surface area contributed by atoms with Gasteiger partial charge in [0.1, 0.15) is 5.82 Å². The number of nitrogens with zero attached hydrogens (tertiary/aromatic N) is 4. The molecule has 7 heteroatoms. The van der Waals surface area contributed by atoms with Crippen LogP contribution in [0.2, 0.25) is 0 Å². The molecule has 2 N–H and O–H groups in total. The number of aliphatic hydroxyl groups excluding tert-OH is 1. The standard InChI is InChI=1S/C25H25N5O2/c1-29-8-7-16-9-18(4-6-20(16)14-29)25(32)28-24-11-21-10-17(3-5-19(21)12-26-24)22-13-27-30(2)23(22)15-31/h3-6,9-13,31H,7-8,14-15H2,1-2H3,(H,26,28,32). The number of hydrogen-bond acceptors (Lipinski definition) is 5. The Hall–Kier alpha value is -3.55. The van der Waals surface area contributed by atoms with Crippen LogP contribution in [0.3, 0.4) is 0 Å². The van der Waals surface area contributed by atoms with E-state index in [4.69, 9.17) is 0 Å². The zero-order valence-electron chi connectivity index (χ0n) is 18.2. The van der Waals surface area contributed by atoms with Crippen molar-refractivity contribution in [1.29, 1.82) is 0 Å². The summed E-state index contributed by atoms with van der Waals surface area (Å²) in [6, 6.07) is 13.8. The van der Waals surface area contributed by atoms with Crippen LogP contribution in [0.15, 0.2) is 54.9 Å². The number of pyridine rings is 1. The van der Waals surface area contributed by atoms with E-state index < -0.39 is 0 Å². The maximum Gasteiger partial charge on any atom is 0.256 e. The fraction of sp³-hybridized carbons (Fsp3) is 0.240. The largest absolute Gasteiger partial charge is 0.390 e. The highest BCUT2D eigenvalue weighted by Crippen LogP contribution is 2.28. The second kappa shape index (κ2) is 8.18. The number of carbonyl (C=O) groups excluding carboxylic acids is 1. The van der Waals surface area contributed by atoms with E-state index in [9.17, 15) is 9.90 Å². The topological polar surface area (TPSA) is 83.3 Å². The maximum absolute atomic E-state index is 12.9. The molecule has 5 rings (SSSR count). The van der Waals surface area contributed by atoms with Crippen molar-refractivity contribution in [3.8, 4) is 11.1 Å². The van der Waals surface area contributed by atoms with Gasteiger partial charge < -0.3 is 15.3 Å². The van der Waals surface area contributed by atoms with E-state index in [2.05, 4.69) is 27.3 Å². The Bertz CT molecular complexity index is 1330. The number of aromatic nitrogens is 3. The van der Waals surface area contributed by atoms with Gasteiger partial charge in [-0.1, -0.05) is 18.2 Å². The van der Waals surface area contributed by atoms with Gasteiger partial charge in [-0.15, -0.1) is 0 Å². The summed E-state index contributed by atoms with van der Waals surface area (Å²) in [7, 11) is 3.92. The van der Waals surface area contributed by atoms with Gasteiger partial charge in [0.05, 0.1) is 18.5 Å². The number of anilines is 1. The average molecular weight is 428 g/mol. The van der Waals surface area contributed by atoms with E-state index in [-0.39, 0.29) is 12.5 Å². The summed E-state index contributed by atoms with van der Waals surface area (Å²) in [6.07, 6.45) is 4.46. The minimum atomic E-state index is -0.162. The lowest BCUT2D eigenvalue weighted by Crippen LogP contribution is -2.27. The highest BCUT2D eigenvalue weighted by atomic mass is 16.3. The minimum absolute atomic E-state index is 0.0847. The third-order valence-corrected chi connectivity index (χ3v) is 6.16. The predicted octanol–water partition coefficient (Wildman–Crippen LogP) is 3.37.